The molecule has 1 atom stereocenters. The fraction of sp³-hybridized carbons (Fsp3) is 1.00. The zero-order chi connectivity index (χ0) is 11.1. The summed E-state index contributed by atoms with van der Waals surface area (Å²) in [4.78, 5) is 2.48. The predicted molar refractivity (Wildman–Crippen MR) is 63.8 cm³/mol. The van der Waals surface area contributed by atoms with E-state index in [1.807, 2.05) is 6.92 Å². The predicted octanol–water partition coefficient (Wildman–Crippen LogP) is 1.35. The number of aliphatic hydroxyl groups is 1. The van der Waals surface area contributed by atoms with Gasteiger partial charge in [0.1, 0.15) is 0 Å². The van der Waals surface area contributed by atoms with Gasteiger partial charge < -0.3 is 10.8 Å². The number of rotatable bonds is 6. The molecule has 1 fully saturated rings. The first-order valence-corrected chi connectivity index (χ1v) is 6.36. The van der Waals surface area contributed by atoms with E-state index in [-0.39, 0.29) is 6.10 Å². The minimum atomic E-state index is -0.186. The van der Waals surface area contributed by atoms with Gasteiger partial charge in [-0.25, -0.2) is 0 Å². The maximum absolute atomic E-state index is 9.31. The van der Waals surface area contributed by atoms with Crippen LogP contribution in [0.1, 0.15) is 45.4 Å². The van der Waals surface area contributed by atoms with Crippen molar-refractivity contribution in [1.29, 1.82) is 0 Å². The molecule has 0 saturated heterocycles. The summed E-state index contributed by atoms with van der Waals surface area (Å²) >= 11 is 0. The van der Waals surface area contributed by atoms with E-state index >= 15 is 0 Å². The molecule has 0 heterocycles. The van der Waals surface area contributed by atoms with E-state index in [0.717, 1.165) is 32.1 Å². The largest absolute Gasteiger partial charge is 0.393 e. The van der Waals surface area contributed by atoms with Gasteiger partial charge in [0.25, 0.3) is 0 Å². The van der Waals surface area contributed by atoms with Crippen molar-refractivity contribution in [1.82, 2.24) is 4.90 Å². The molecule has 3 nitrogen and oxygen atoms in total. The molecule has 0 aromatic heterocycles. The third-order valence-electron chi connectivity index (χ3n) is 3.34. The molecule has 0 spiro atoms. The molecule has 1 aliphatic carbocycles. The normalized spacial score (nSPS) is 20.8. The topological polar surface area (TPSA) is 49.5 Å². The van der Waals surface area contributed by atoms with Crippen LogP contribution in [-0.2, 0) is 0 Å². The molecule has 0 radical (unpaired) electrons. The molecule has 0 bridgehead atoms. The molecule has 0 aromatic rings. The van der Waals surface area contributed by atoms with Crippen molar-refractivity contribution >= 4 is 0 Å². The number of nitrogens with zero attached hydrogens (tertiary/aromatic N) is 1. The molecule has 0 aliphatic heterocycles. The summed E-state index contributed by atoms with van der Waals surface area (Å²) in [7, 11) is 0. The molecule has 1 saturated carbocycles. The Hall–Kier alpha value is -0.120. The highest BCUT2D eigenvalue weighted by Gasteiger charge is 2.20. The van der Waals surface area contributed by atoms with Crippen LogP contribution in [0.2, 0.25) is 0 Å². The zero-order valence-corrected chi connectivity index (χ0v) is 9.99. The monoisotopic (exact) mass is 214 g/mol. The maximum Gasteiger partial charge on any atom is 0.0524 e. The first-order chi connectivity index (χ1) is 7.24. The van der Waals surface area contributed by atoms with Crippen molar-refractivity contribution in [3.05, 3.63) is 0 Å². The summed E-state index contributed by atoms with van der Waals surface area (Å²) in [6.07, 6.45) is 7.44. The Kier molecular flexibility index (Phi) is 6.22. The second kappa shape index (κ2) is 7.20. The number of aliphatic hydroxyl groups excluding tert-OH is 1. The second-order valence-electron chi connectivity index (χ2n) is 4.75. The van der Waals surface area contributed by atoms with Crippen LogP contribution in [0.3, 0.4) is 0 Å². The fourth-order valence-corrected chi connectivity index (χ4v) is 2.44. The van der Waals surface area contributed by atoms with Crippen LogP contribution >= 0.6 is 0 Å². The van der Waals surface area contributed by atoms with E-state index in [4.69, 9.17) is 5.73 Å². The molecule has 0 aromatic carbocycles. The van der Waals surface area contributed by atoms with Crippen molar-refractivity contribution in [2.24, 2.45) is 5.73 Å². The summed E-state index contributed by atoms with van der Waals surface area (Å²) in [5, 5.41) is 9.31. The first kappa shape index (κ1) is 12.9. The molecule has 1 unspecified atom stereocenters. The van der Waals surface area contributed by atoms with E-state index in [0.29, 0.717) is 0 Å². The smallest absolute Gasteiger partial charge is 0.0524 e. The average Bonchev–Trinajstić information content (AvgIpc) is 2.25. The van der Waals surface area contributed by atoms with Gasteiger partial charge in [0.05, 0.1) is 6.10 Å². The minimum absolute atomic E-state index is 0.186. The Labute approximate surface area is 93.6 Å². The summed E-state index contributed by atoms with van der Waals surface area (Å²) in [6.45, 7) is 4.58. The lowest BCUT2D eigenvalue weighted by molar-refractivity contribution is 0.119. The van der Waals surface area contributed by atoms with Gasteiger partial charge in [-0.05, 0) is 26.2 Å². The lowest BCUT2D eigenvalue weighted by Gasteiger charge is -2.34. The third kappa shape index (κ3) is 4.96. The molecule has 0 amide bonds. The van der Waals surface area contributed by atoms with Crippen molar-refractivity contribution < 1.29 is 5.11 Å². The van der Waals surface area contributed by atoms with E-state index in [1.54, 1.807) is 0 Å². The van der Waals surface area contributed by atoms with Gasteiger partial charge in [-0.3, -0.25) is 4.90 Å². The lowest BCUT2D eigenvalue weighted by Crippen LogP contribution is -2.41. The molecule has 1 aliphatic rings. The molecule has 1 rings (SSSR count). The van der Waals surface area contributed by atoms with Crippen LogP contribution in [0.25, 0.3) is 0 Å². The summed E-state index contributed by atoms with van der Waals surface area (Å²) < 4.78 is 0. The Balaban J connectivity index is 2.33. The van der Waals surface area contributed by atoms with Crippen molar-refractivity contribution in [2.75, 3.05) is 19.6 Å². The van der Waals surface area contributed by atoms with Crippen molar-refractivity contribution in [3.63, 3.8) is 0 Å². The van der Waals surface area contributed by atoms with Gasteiger partial charge in [0.15, 0.2) is 0 Å². The van der Waals surface area contributed by atoms with Gasteiger partial charge in [-0.15, -0.1) is 0 Å². The molecule has 3 N–H and O–H groups in total. The van der Waals surface area contributed by atoms with Gasteiger partial charge in [0, 0.05) is 25.7 Å². The third-order valence-corrected chi connectivity index (χ3v) is 3.34. The molecule has 3 heteroatoms. The first-order valence-electron chi connectivity index (χ1n) is 6.36. The van der Waals surface area contributed by atoms with Gasteiger partial charge in [-0.1, -0.05) is 19.3 Å². The summed E-state index contributed by atoms with van der Waals surface area (Å²) in [5.74, 6) is 0. The summed E-state index contributed by atoms with van der Waals surface area (Å²) in [6, 6.07) is 0.723. The van der Waals surface area contributed by atoms with E-state index in [9.17, 15) is 5.11 Å². The number of hydrogen-bond donors (Lipinski definition) is 2. The molecular weight excluding hydrogens is 188 g/mol. The Bertz CT molecular complexity index is 156. The fourth-order valence-electron chi connectivity index (χ4n) is 2.44. The van der Waals surface area contributed by atoms with E-state index in [2.05, 4.69) is 4.90 Å². The standard InChI is InChI=1S/C12H26N2O/c1-11(15)7-9-14(10-8-13)12-5-3-2-4-6-12/h11-12,15H,2-10,13H2,1H3. The van der Waals surface area contributed by atoms with Crippen molar-refractivity contribution in [2.45, 2.75) is 57.6 Å². The highest BCUT2D eigenvalue weighted by Crippen LogP contribution is 2.22. The van der Waals surface area contributed by atoms with E-state index < -0.39 is 0 Å². The van der Waals surface area contributed by atoms with Crippen LogP contribution in [0.15, 0.2) is 0 Å². The van der Waals surface area contributed by atoms with Crippen LogP contribution < -0.4 is 5.73 Å². The summed E-state index contributed by atoms with van der Waals surface area (Å²) in [5.41, 5.74) is 5.64. The minimum Gasteiger partial charge on any atom is -0.393 e. The van der Waals surface area contributed by atoms with Gasteiger partial charge in [-0.2, -0.15) is 0 Å². The van der Waals surface area contributed by atoms with Crippen molar-refractivity contribution in [3.8, 4) is 0 Å². The Morgan fingerprint density at radius 2 is 1.93 bits per heavy atom. The SMILES string of the molecule is CC(O)CCN(CCN)C1CCCCC1. The Morgan fingerprint density at radius 3 is 2.47 bits per heavy atom. The second-order valence-corrected chi connectivity index (χ2v) is 4.75. The Morgan fingerprint density at radius 1 is 1.27 bits per heavy atom. The highest BCUT2D eigenvalue weighted by atomic mass is 16.3. The van der Waals surface area contributed by atoms with Crippen LogP contribution in [-0.4, -0.2) is 41.8 Å². The van der Waals surface area contributed by atoms with Gasteiger partial charge >= 0.3 is 0 Å². The highest BCUT2D eigenvalue weighted by molar-refractivity contribution is 4.76. The van der Waals surface area contributed by atoms with Gasteiger partial charge in [0.2, 0.25) is 0 Å². The van der Waals surface area contributed by atoms with Crippen LogP contribution in [0.4, 0.5) is 0 Å². The van der Waals surface area contributed by atoms with Crippen LogP contribution in [0, 0.1) is 0 Å². The average molecular weight is 214 g/mol. The quantitative estimate of drug-likeness (QED) is 0.702. The maximum atomic E-state index is 9.31. The zero-order valence-electron chi connectivity index (χ0n) is 9.99. The molecular formula is C12H26N2O. The molecule has 90 valence electrons. The van der Waals surface area contributed by atoms with E-state index in [1.165, 1.54) is 32.1 Å². The number of nitrogens with two attached hydrogens (primary N) is 1. The lowest BCUT2D eigenvalue weighted by atomic mass is 9.94. The van der Waals surface area contributed by atoms with Crippen LogP contribution in [0.5, 0.6) is 0 Å². The number of hydrogen-bond acceptors (Lipinski definition) is 3. The molecule has 15 heavy (non-hydrogen) atoms.